The largest absolute Gasteiger partial charge is 0.208 e. The van der Waals surface area contributed by atoms with Crippen LogP contribution in [-0.4, -0.2) is 0 Å². The standard InChI is InChI=1S/C9H8N.Y/c1-2-8-3-5-9(7-10)6-4-8;/h3,5-6H,2H2,1H3;/q-1;. The number of hydrogen-bond acceptors (Lipinski definition) is 1. The zero-order valence-corrected chi connectivity index (χ0v) is 9.30. The number of nitriles is 1. The van der Waals surface area contributed by atoms with Crippen LogP contribution in [0.15, 0.2) is 18.2 Å². The monoisotopic (exact) mass is 219 g/mol. The van der Waals surface area contributed by atoms with Gasteiger partial charge in [-0.25, -0.2) is 5.26 Å². The molecule has 1 radical (unpaired) electrons. The van der Waals surface area contributed by atoms with Crippen LogP contribution >= 0.6 is 0 Å². The van der Waals surface area contributed by atoms with Crippen molar-refractivity contribution < 1.29 is 32.7 Å². The average Bonchev–Trinajstić information content (AvgIpc) is 2.05. The van der Waals surface area contributed by atoms with Crippen molar-refractivity contribution in [3.63, 3.8) is 0 Å². The van der Waals surface area contributed by atoms with Crippen molar-refractivity contribution in [1.82, 2.24) is 0 Å². The first-order chi connectivity index (χ1) is 4.86. The Balaban J connectivity index is 0.000001000. The number of rotatable bonds is 1. The van der Waals surface area contributed by atoms with Crippen molar-refractivity contribution >= 4 is 0 Å². The second-order valence-electron chi connectivity index (χ2n) is 2.07. The maximum absolute atomic E-state index is 8.43. The van der Waals surface area contributed by atoms with Crippen molar-refractivity contribution in [2.75, 3.05) is 0 Å². The molecule has 0 saturated carbocycles. The molecule has 0 aromatic heterocycles. The molecule has 0 heterocycles. The van der Waals surface area contributed by atoms with Crippen LogP contribution in [0.4, 0.5) is 0 Å². The van der Waals surface area contributed by atoms with Crippen molar-refractivity contribution in [1.29, 1.82) is 5.26 Å². The van der Waals surface area contributed by atoms with Crippen molar-refractivity contribution in [3.05, 3.63) is 35.4 Å². The molecule has 11 heavy (non-hydrogen) atoms. The van der Waals surface area contributed by atoms with E-state index in [-0.39, 0.29) is 32.7 Å². The third kappa shape index (κ3) is 3.14. The molecule has 0 aliphatic rings. The number of aryl methyl sites for hydroxylation is 1. The molecule has 1 nitrogen and oxygen atoms in total. The van der Waals surface area contributed by atoms with Crippen LogP contribution in [0, 0.1) is 17.4 Å². The Bertz CT molecular complexity index is 245. The van der Waals surface area contributed by atoms with E-state index in [4.69, 9.17) is 5.26 Å². The van der Waals surface area contributed by atoms with E-state index in [1.54, 1.807) is 6.07 Å². The van der Waals surface area contributed by atoms with Crippen LogP contribution in [0.2, 0.25) is 0 Å². The van der Waals surface area contributed by atoms with Crippen LogP contribution < -0.4 is 0 Å². The smallest absolute Gasteiger partial charge is 0.0307 e. The van der Waals surface area contributed by atoms with Gasteiger partial charge in [-0.05, 0) is 0 Å². The number of benzene rings is 1. The van der Waals surface area contributed by atoms with Gasteiger partial charge in [0.05, 0.1) is 0 Å². The SMILES string of the molecule is CCc1[c-]cc(C#N)cc1.[Y]. The molecule has 0 N–H and O–H groups in total. The van der Waals surface area contributed by atoms with E-state index < -0.39 is 0 Å². The molecule has 2 heteroatoms. The molecule has 1 aromatic rings. The molecule has 0 bridgehead atoms. The van der Waals surface area contributed by atoms with E-state index in [0.717, 1.165) is 12.0 Å². The van der Waals surface area contributed by atoms with E-state index >= 15 is 0 Å². The Labute approximate surface area is 92.3 Å². The first-order valence-electron chi connectivity index (χ1n) is 3.27. The van der Waals surface area contributed by atoms with Gasteiger partial charge in [0.2, 0.25) is 0 Å². The van der Waals surface area contributed by atoms with Gasteiger partial charge in [0.25, 0.3) is 0 Å². The second-order valence-corrected chi connectivity index (χ2v) is 2.07. The van der Waals surface area contributed by atoms with Crippen molar-refractivity contribution in [2.45, 2.75) is 13.3 Å². The molecule has 1 aromatic carbocycles. The summed E-state index contributed by atoms with van der Waals surface area (Å²) in [6.45, 7) is 2.07. The summed E-state index contributed by atoms with van der Waals surface area (Å²) in [5.41, 5.74) is 1.83. The fourth-order valence-corrected chi connectivity index (χ4v) is 0.747. The predicted octanol–water partition coefficient (Wildman–Crippen LogP) is 1.92. The van der Waals surface area contributed by atoms with E-state index in [9.17, 15) is 0 Å². The fraction of sp³-hybridized carbons (Fsp3) is 0.222. The summed E-state index contributed by atoms with van der Waals surface area (Å²) in [6.07, 6.45) is 0.978. The molecular formula is C9H8NY-. The van der Waals surface area contributed by atoms with Crippen molar-refractivity contribution in [2.24, 2.45) is 0 Å². The second kappa shape index (κ2) is 5.46. The Morgan fingerprint density at radius 1 is 1.55 bits per heavy atom. The van der Waals surface area contributed by atoms with Gasteiger partial charge in [-0.1, -0.05) is 18.9 Å². The summed E-state index contributed by atoms with van der Waals surface area (Å²) in [7, 11) is 0. The maximum atomic E-state index is 8.43. The minimum Gasteiger partial charge on any atom is -0.208 e. The van der Waals surface area contributed by atoms with E-state index in [1.165, 1.54) is 0 Å². The molecular weight excluding hydrogens is 211 g/mol. The average molecular weight is 219 g/mol. The van der Waals surface area contributed by atoms with E-state index in [2.05, 4.69) is 13.0 Å². The quantitative estimate of drug-likeness (QED) is 0.662. The zero-order valence-electron chi connectivity index (χ0n) is 6.46. The van der Waals surface area contributed by atoms with Gasteiger partial charge >= 0.3 is 0 Å². The fourth-order valence-electron chi connectivity index (χ4n) is 0.747. The zero-order chi connectivity index (χ0) is 7.40. The maximum Gasteiger partial charge on any atom is 0.0307 e. The molecule has 0 fully saturated rings. The van der Waals surface area contributed by atoms with Gasteiger partial charge in [-0.2, -0.15) is 29.8 Å². The molecule has 53 valence electrons. The summed E-state index contributed by atoms with van der Waals surface area (Å²) in [5.74, 6) is 0. The Hall–Kier alpha value is -0.186. The van der Waals surface area contributed by atoms with Crippen LogP contribution in [0.1, 0.15) is 18.1 Å². The Morgan fingerprint density at radius 3 is 2.64 bits per heavy atom. The normalized spacial score (nSPS) is 8.00. The van der Waals surface area contributed by atoms with Gasteiger partial charge in [0, 0.05) is 38.8 Å². The molecule has 0 amide bonds. The molecule has 0 spiro atoms. The summed E-state index contributed by atoms with van der Waals surface area (Å²) in [4.78, 5) is 0. The molecule has 0 atom stereocenters. The van der Waals surface area contributed by atoms with Crippen LogP contribution in [0.5, 0.6) is 0 Å². The first kappa shape index (κ1) is 10.8. The molecule has 1 rings (SSSR count). The summed E-state index contributed by atoms with van der Waals surface area (Å²) in [6, 6.07) is 10.5. The predicted molar refractivity (Wildman–Crippen MR) is 39.4 cm³/mol. The van der Waals surface area contributed by atoms with E-state index in [0.29, 0.717) is 5.56 Å². The summed E-state index contributed by atoms with van der Waals surface area (Å²) < 4.78 is 0. The van der Waals surface area contributed by atoms with Crippen LogP contribution in [-0.2, 0) is 39.1 Å². The third-order valence-corrected chi connectivity index (χ3v) is 1.39. The Morgan fingerprint density at radius 2 is 2.27 bits per heavy atom. The minimum atomic E-state index is 0. The number of hydrogen-bond donors (Lipinski definition) is 0. The molecule has 0 saturated heterocycles. The topological polar surface area (TPSA) is 23.8 Å². The molecule has 0 aliphatic heterocycles. The van der Waals surface area contributed by atoms with Crippen molar-refractivity contribution in [3.8, 4) is 6.07 Å². The van der Waals surface area contributed by atoms with Gasteiger partial charge in [-0.15, -0.1) is 0 Å². The van der Waals surface area contributed by atoms with Gasteiger partial charge in [0.15, 0.2) is 0 Å². The summed E-state index contributed by atoms with van der Waals surface area (Å²) in [5, 5.41) is 8.43. The van der Waals surface area contributed by atoms with Crippen LogP contribution in [0.3, 0.4) is 0 Å². The third-order valence-electron chi connectivity index (χ3n) is 1.39. The first-order valence-corrected chi connectivity index (χ1v) is 3.27. The molecule has 0 aliphatic carbocycles. The van der Waals surface area contributed by atoms with Gasteiger partial charge < -0.3 is 0 Å². The van der Waals surface area contributed by atoms with Crippen LogP contribution in [0.25, 0.3) is 0 Å². The minimum absolute atomic E-state index is 0. The molecule has 0 unspecified atom stereocenters. The summed E-state index contributed by atoms with van der Waals surface area (Å²) >= 11 is 0. The number of nitrogens with zero attached hydrogens (tertiary/aromatic N) is 1. The Kier molecular flexibility index (Phi) is 5.37. The van der Waals surface area contributed by atoms with Gasteiger partial charge in [-0.3, -0.25) is 0 Å². The van der Waals surface area contributed by atoms with Gasteiger partial charge in [0.1, 0.15) is 0 Å². The van der Waals surface area contributed by atoms with E-state index in [1.807, 2.05) is 18.2 Å².